The van der Waals surface area contributed by atoms with Crippen molar-refractivity contribution in [2.75, 3.05) is 18.1 Å². The van der Waals surface area contributed by atoms with Gasteiger partial charge in [0.15, 0.2) is 5.13 Å². The minimum absolute atomic E-state index is 0.0115. The fourth-order valence-electron chi connectivity index (χ4n) is 3.65. The number of carbonyl (C=O) groups is 1. The zero-order valence-corrected chi connectivity index (χ0v) is 16.8. The first kappa shape index (κ1) is 18.1. The number of hydrogen-bond donors (Lipinski definition) is 0. The maximum absolute atomic E-state index is 13.4. The third-order valence-electron chi connectivity index (χ3n) is 4.97. The summed E-state index contributed by atoms with van der Waals surface area (Å²) in [5.74, 6) is -0.0115. The summed E-state index contributed by atoms with van der Waals surface area (Å²) in [5.41, 5.74) is 5.11. The van der Waals surface area contributed by atoms with Gasteiger partial charge in [0.2, 0.25) is 0 Å². The normalized spacial score (nSPS) is 16.8. The van der Waals surface area contributed by atoms with E-state index in [4.69, 9.17) is 9.72 Å². The van der Waals surface area contributed by atoms with E-state index in [1.165, 1.54) is 5.56 Å². The molecule has 1 fully saturated rings. The summed E-state index contributed by atoms with van der Waals surface area (Å²) in [4.78, 5) is 20.0. The Balaban J connectivity index is 1.75. The molecule has 1 amide bonds. The first-order valence-electron chi connectivity index (χ1n) is 9.39. The molecule has 140 valence electrons. The van der Waals surface area contributed by atoms with E-state index in [1.54, 1.807) is 11.3 Å². The van der Waals surface area contributed by atoms with E-state index in [9.17, 15) is 4.79 Å². The maximum Gasteiger partial charge on any atom is 0.260 e. The quantitative estimate of drug-likeness (QED) is 0.636. The highest BCUT2D eigenvalue weighted by Crippen LogP contribution is 2.33. The van der Waals surface area contributed by atoms with E-state index in [0.717, 1.165) is 45.9 Å². The van der Waals surface area contributed by atoms with Gasteiger partial charge in [-0.2, -0.15) is 0 Å². The molecule has 5 heteroatoms. The number of carbonyl (C=O) groups excluding carboxylic acids is 1. The lowest BCUT2D eigenvalue weighted by molar-refractivity contribution is 0.0917. The van der Waals surface area contributed by atoms with Crippen LogP contribution in [-0.2, 0) is 4.74 Å². The van der Waals surface area contributed by atoms with Crippen LogP contribution >= 0.6 is 11.3 Å². The van der Waals surface area contributed by atoms with Gasteiger partial charge in [-0.25, -0.2) is 4.98 Å². The van der Waals surface area contributed by atoms with Crippen molar-refractivity contribution in [3.05, 3.63) is 58.7 Å². The number of aryl methyl sites for hydroxylation is 3. The van der Waals surface area contributed by atoms with E-state index < -0.39 is 0 Å². The Labute approximate surface area is 163 Å². The molecule has 0 N–H and O–H groups in total. The molecule has 0 spiro atoms. The largest absolute Gasteiger partial charge is 0.376 e. The van der Waals surface area contributed by atoms with Gasteiger partial charge >= 0.3 is 0 Å². The molecule has 0 aliphatic carbocycles. The third-order valence-corrected chi connectivity index (χ3v) is 6.00. The number of fused-ring (bicyclic) bond motifs is 1. The van der Waals surface area contributed by atoms with Crippen LogP contribution < -0.4 is 4.90 Å². The van der Waals surface area contributed by atoms with Gasteiger partial charge in [0.1, 0.15) is 0 Å². The Hall–Kier alpha value is -2.24. The lowest BCUT2D eigenvalue weighted by atomic mass is 10.1. The second-order valence-electron chi connectivity index (χ2n) is 7.35. The van der Waals surface area contributed by atoms with Gasteiger partial charge in [0.05, 0.1) is 22.9 Å². The lowest BCUT2D eigenvalue weighted by Crippen LogP contribution is -2.37. The van der Waals surface area contributed by atoms with Crippen molar-refractivity contribution in [3.63, 3.8) is 0 Å². The average Bonchev–Trinajstić information content (AvgIpc) is 3.28. The molecule has 2 aromatic carbocycles. The Kier molecular flexibility index (Phi) is 4.98. The van der Waals surface area contributed by atoms with Crippen molar-refractivity contribution in [3.8, 4) is 0 Å². The van der Waals surface area contributed by atoms with Crippen molar-refractivity contribution in [2.24, 2.45) is 0 Å². The van der Waals surface area contributed by atoms with Crippen LogP contribution in [0.4, 0.5) is 5.13 Å². The van der Waals surface area contributed by atoms with Crippen molar-refractivity contribution < 1.29 is 9.53 Å². The topological polar surface area (TPSA) is 42.4 Å². The summed E-state index contributed by atoms with van der Waals surface area (Å²) in [6.07, 6.45) is 2.12. The highest BCUT2D eigenvalue weighted by molar-refractivity contribution is 7.22. The van der Waals surface area contributed by atoms with Crippen LogP contribution in [0.2, 0.25) is 0 Å². The molecule has 1 atom stereocenters. The van der Waals surface area contributed by atoms with Crippen molar-refractivity contribution in [1.29, 1.82) is 0 Å². The third kappa shape index (κ3) is 3.75. The van der Waals surface area contributed by atoms with Crippen LogP contribution in [-0.4, -0.2) is 30.1 Å². The Bertz CT molecular complexity index is 989. The molecular weight excluding hydrogens is 356 g/mol. The highest BCUT2D eigenvalue weighted by atomic mass is 32.1. The van der Waals surface area contributed by atoms with Crippen LogP contribution in [0.1, 0.15) is 39.9 Å². The summed E-state index contributed by atoms with van der Waals surface area (Å²) < 4.78 is 6.94. The number of benzene rings is 2. The molecule has 1 aliphatic heterocycles. The van der Waals surface area contributed by atoms with Crippen LogP contribution in [0.15, 0.2) is 36.4 Å². The molecule has 0 bridgehead atoms. The van der Waals surface area contributed by atoms with Crippen LogP contribution in [0.5, 0.6) is 0 Å². The minimum Gasteiger partial charge on any atom is -0.376 e. The number of aromatic nitrogens is 1. The number of hydrogen-bond acceptors (Lipinski definition) is 4. The number of anilines is 1. The van der Waals surface area contributed by atoms with Crippen LogP contribution in [0.25, 0.3) is 10.2 Å². The first-order valence-corrected chi connectivity index (χ1v) is 10.2. The zero-order valence-electron chi connectivity index (χ0n) is 16.0. The lowest BCUT2D eigenvalue weighted by Gasteiger charge is -2.23. The molecule has 3 aromatic rings. The summed E-state index contributed by atoms with van der Waals surface area (Å²) in [5, 5.41) is 0.751. The molecule has 1 saturated heterocycles. The molecule has 0 saturated carbocycles. The molecular formula is C22H24N2O2S. The van der Waals surface area contributed by atoms with Crippen LogP contribution in [0.3, 0.4) is 0 Å². The van der Waals surface area contributed by atoms with Crippen molar-refractivity contribution >= 4 is 32.6 Å². The van der Waals surface area contributed by atoms with Gasteiger partial charge in [-0.15, -0.1) is 0 Å². The molecule has 2 heterocycles. The summed E-state index contributed by atoms with van der Waals surface area (Å²) in [7, 11) is 0. The SMILES string of the molecule is Cc1cccc(C(=O)N(CC2CCCO2)c2nc3c(C)cc(C)cc3s2)c1. The summed E-state index contributed by atoms with van der Waals surface area (Å²) in [6.45, 7) is 7.49. The fourth-order valence-corrected chi connectivity index (χ4v) is 4.80. The molecule has 4 rings (SSSR count). The van der Waals surface area contributed by atoms with E-state index in [2.05, 4.69) is 26.0 Å². The fraction of sp³-hybridized carbons (Fsp3) is 0.364. The van der Waals surface area contributed by atoms with Gasteiger partial charge in [-0.05, 0) is 62.9 Å². The van der Waals surface area contributed by atoms with E-state index in [-0.39, 0.29) is 12.0 Å². The molecule has 4 nitrogen and oxygen atoms in total. The van der Waals surface area contributed by atoms with E-state index in [0.29, 0.717) is 12.1 Å². The predicted octanol–water partition coefficient (Wildman–Crippen LogP) is 5.05. The van der Waals surface area contributed by atoms with Gasteiger partial charge < -0.3 is 4.74 Å². The van der Waals surface area contributed by atoms with Gasteiger partial charge in [-0.3, -0.25) is 9.69 Å². The minimum atomic E-state index is -0.0115. The second-order valence-corrected chi connectivity index (χ2v) is 8.35. The zero-order chi connectivity index (χ0) is 19.0. The monoisotopic (exact) mass is 380 g/mol. The predicted molar refractivity (Wildman–Crippen MR) is 111 cm³/mol. The Morgan fingerprint density at radius 2 is 2.07 bits per heavy atom. The smallest absolute Gasteiger partial charge is 0.260 e. The van der Waals surface area contributed by atoms with Crippen molar-refractivity contribution in [2.45, 2.75) is 39.7 Å². The van der Waals surface area contributed by atoms with Crippen LogP contribution in [0, 0.1) is 20.8 Å². The van der Waals surface area contributed by atoms with Crippen molar-refractivity contribution in [1.82, 2.24) is 4.98 Å². The number of thiazole rings is 1. The molecule has 27 heavy (non-hydrogen) atoms. The second kappa shape index (κ2) is 7.41. The number of rotatable bonds is 4. The van der Waals surface area contributed by atoms with E-state index >= 15 is 0 Å². The molecule has 0 radical (unpaired) electrons. The maximum atomic E-state index is 13.4. The molecule has 1 unspecified atom stereocenters. The first-order chi connectivity index (χ1) is 13.0. The average molecular weight is 381 g/mol. The highest BCUT2D eigenvalue weighted by Gasteiger charge is 2.27. The number of ether oxygens (including phenoxy) is 1. The molecule has 1 aromatic heterocycles. The Morgan fingerprint density at radius 3 is 2.81 bits per heavy atom. The summed E-state index contributed by atoms with van der Waals surface area (Å²) >= 11 is 1.58. The van der Waals surface area contributed by atoms with E-state index in [1.807, 2.05) is 36.1 Å². The molecule has 1 aliphatic rings. The summed E-state index contributed by atoms with van der Waals surface area (Å²) in [6, 6.07) is 12.0. The van der Waals surface area contributed by atoms with Gasteiger partial charge in [0, 0.05) is 12.2 Å². The standard InChI is InChI=1S/C22H24N2O2S/c1-14-6-4-7-17(11-14)21(25)24(13-18-8-5-9-26-18)22-23-20-16(3)10-15(2)12-19(20)27-22/h4,6-7,10-12,18H,5,8-9,13H2,1-3H3. The number of nitrogens with zero attached hydrogens (tertiary/aromatic N) is 2. The van der Waals surface area contributed by atoms with Gasteiger partial charge in [0.25, 0.3) is 5.91 Å². The Morgan fingerprint density at radius 1 is 1.22 bits per heavy atom. The number of amides is 1. The van der Waals surface area contributed by atoms with Gasteiger partial charge in [-0.1, -0.05) is 35.1 Å².